The molecule has 2 aliphatic rings. The average Bonchev–Trinajstić information content (AvgIpc) is 3.35. The maximum atomic E-state index is 13.5. The second kappa shape index (κ2) is 25.4. The van der Waals surface area contributed by atoms with Crippen LogP contribution in [0.2, 0.25) is 0 Å². The maximum Gasteiger partial charge on any atom is 0.326 e. The molecule has 2 heterocycles. The first kappa shape index (κ1) is 52.2. The third-order valence-electron chi connectivity index (χ3n) is 12.1. The summed E-state index contributed by atoms with van der Waals surface area (Å²) < 4.78 is 21.2. The summed E-state index contributed by atoms with van der Waals surface area (Å²) in [5.74, 6) is -2.73. The Morgan fingerprint density at radius 2 is 0.956 bits per heavy atom. The van der Waals surface area contributed by atoms with Crippen molar-refractivity contribution < 1.29 is 57.9 Å². The van der Waals surface area contributed by atoms with Crippen molar-refractivity contribution in [1.82, 2.24) is 20.4 Å². The Bertz CT molecular complexity index is 2350. The SMILES string of the molecule is CCOC(=O)[C@H](CCc1ccccc1)N[C@@H](C)C(=O)N1Cc2cc(OC)c(OC)cc2C[C@H]1C(=O)O.CCOC(=O)[C@H](CCc1ccccc1)N[C@@H](C)C(=O)N1Cc2ccccc2C[C@H]1C(=O)O. The minimum absolute atomic E-state index is 0.103. The molecule has 4 N–H and O–H groups in total. The fraction of sp³-hybridized carbons (Fsp3) is 0.423. The number of rotatable bonds is 20. The number of methoxy groups -OCH3 is 2. The summed E-state index contributed by atoms with van der Waals surface area (Å²) in [5, 5.41) is 25.8. The van der Waals surface area contributed by atoms with Crippen molar-refractivity contribution in [2.45, 2.75) is 116 Å². The summed E-state index contributed by atoms with van der Waals surface area (Å²) >= 11 is 0. The molecule has 0 aromatic heterocycles. The van der Waals surface area contributed by atoms with Crippen LogP contribution in [-0.2, 0) is 77.0 Å². The highest BCUT2D eigenvalue weighted by molar-refractivity contribution is 5.89. The number of ether oxygens (including phenoxy) is 4. The molecule has 0 bridgehead atoms. The molecule has 6 atom stereocenters. The van der Waals surface area contributed by atoms with Crippen LogP contribution in [0.5, 0.6) is 11.5 Å². The first-order valence-electron chi connectivity index (χ1n) is 23.0. The molecule has 4 aromatic rings. The Morgan fingerprint density at radius 1 is 0.574 bits per heavy atom. The van der Waals surface area contributed by atoms with Gasteiger partial charge in [-0.05, 0) is 98.9 Å². The number of aliphatic carboxylic acids is 2. The molecule has 0 radical (unpaired) electrons. The molecule has 0 saturated carbocycles. The molecule has 0 aliphatic carbocycles. The Kier molecular flexibility index (Phi) is 19.5. The molecule has 2 amide bonds. The summed E-state index contributed by atoms with van der Waals surface area (Å²) in [7, 11) is 3.04. The number of carboxylic acids is 2. The molecule has 16 heteroatoms. The van der Waals surface area contributed by atoms with Crippen molar-refractivity contribution >= 4 is 35.7 Å². The highest BCUT2D eigenvalue weighted by atomic mass is 16.5. The molecular formula is C52H64N4O12. The highest BCUT2D eigenvalue weighted by Crippen LogP contribution is 2.35. The van der Waals surface area contributed by atoms with Crippen LogP contribution >= 0.6 is 0 Å². The van der Waals surface area contributed by atoms with Crippen molar-refractivity contribution in [3.63, 3.8) is 0 Å². The van der Waals surface area contributed by atoms with Crippen LogP contribution in [-0.4, -0.2) is 119 Å². The molecule has 2 aliphatic heterocycles. The van der Waals surface area contributed by atoms with Gasteiger partial charge in [-0.3, -0.25) is 29.8 Å². The number of fused-ring (bicyclic) bond motifs is 2. The summed E-state index contributed by atoms with van der Waals surface area (Å²) in [5.41, 5.74) is 5.61. The minimum atomic E-state index is -1.10. The van der Waals surface area contributed by atoms with Gasteiger partial charge in [0, 0.05) is 25.9 Å². The Hall–Kier alpha value is -6.78. The van der Waals surface area contributed by atoms with Gasteiger partial charge in [0.25, 0.3) is 0 Å². The first-order chi connectivity index (χ1) is 32.7. The summed E-state index contributed by atoms with van der Waals surface area (Å²) in [4.78, 5) is 78.6. The van der Waals surface area contributed by atoms with Gasteiger partial charge in [0.05, 0.1) is 39.5 Å². The molecule has 0 spiro atoms. The number of hydrogen-bond donors (Lipinski definition) is 4. The van der Waals surface area contributed by atoms with Gasteiger partial charge in [0.2, 0.25) is 11.8 Å². The third-order valence-corrected chi connectivity index (χ3v) is 12.1. The molecule has 6 rings (SSSR count). The van der Waals surface area contributed by atoms with Crippen molar-refractivity contribution in [1.29, 1.82) is 0 Å². The van der Waals surface area contributed by atoms with E-state index in [9.17, 15) is 39.0 Å². The number of esters is 2. The quantitative estimate of drug-likeness (QED) is 0.0846. The van der Waals surface area contributed by atoms with E-state index >= 15 is 0 Å². The first-order valence-corrected chi connectivity index (χ1v) is 23.0. The molecule has 68 heavy (non-hydrogen) atoms. The van der Waals surface area contributed by atoms with Gasteiger partial charge in [0.1, 0.15) is 24.2 Å². The molecule has 4 aromatic carbocycles. The van der Waals surface area contributed by atoms with Gasteiger partial charge >= 0.3 is 23.9 Å². The second-order valence-corrected chi connectivity index (χ2v) is 16.7. The van der Waals surface area contributed by atoms with E-state index in [2.05, 4.69) is 10.6 Å². The number of aryl methyl sites for hydroxylation is 2. The number of amides is 2. The topological polar surface area (TPSA) is 210 Å². The Balaban J connectivity index is 0.000000256. The van der Waals surface area contributed by atoms with E-state index in [1.165, 1.54) is 24.0 Å². The average molecular weight is 937 g/mol. The number of hydrogen-bond acceptors (Lipinski definition) is 12. The standard InChI is InChI=1S/C27H34N2O7.C25H30N2O5/c1-5-36-27(33)21(12-11-18-9-7-6-8-10-18)28-17(2)25(30)29-16-20-15-24(35-4)23(34-3)14-19(20)13-22(29)26(31)32;1-3-32-25(31)21(14-13-18-9-5-4-6-10-18)26-17(2)23(28)27-16-20-12-8-7-11-19(20)15-22(27)24(29)30/h6-10,14-15,17,21-22,28H,5,11-13,16H2,1-4H3,(H,31,32);4-12,17,21-22,26H,3,13-16H2,1-2H3,(H,29,30)/t2*17-,21-,22-/m00/s1. The number of benzene rings is 4. The zero-order valence-corrected chi connectivity index (χ0v) is 39.6. The predicted molar refractivity (Wildman–Crippen MR) is 253 cm³/mol. The smallest absolute Gasteiger partial charge is 0.326 e. The minimum Gasteiger partial charge on any atom is -0.493 e. The lowest BCUT2D eigenvalue weighted by Crippen LogP contribution is -2.56. The molecular weight excluding hydrogens is 873 g/mol. The number of carboxylic acid groups (broad SMARTS) is 2. The van der Waals surface area contributed by atoms with Crippen molar-refractivity contribution in [3.05, 3.63) is 130 Å². The van der Waals surface area contributed by atoms with Gasteiger partial charge in [-0.1, -0.05) is 84.9 Å². The van der Waals surface area contributed by atoms with Crippen LogP contribution in [0.25, 0.3) is 0 Å². The van der Waals surface area contributed by atoms with Gasteiger partial charge < -0.3 is 39.0 Å². The number of nitrogens with zero attached hydrogens (tertiary/aromatic N) is 2. The lowest BCUT2D eigenvalue weighted by atomic mass is 9.92. The van der Waals surface area contributed by atoms with Gasteiger partial charge in [0.15, 0.2) is 11.5 Å². The monoisotopic (exact) mass is 936 g/mol. The van der Waals surface area contributed by atoms with Crippen LogP contribution in [0.1, 0.15) is 73.9 Å². The van der Waals surface area contributed by atoms with E-state index in [0.29, 0.717) is 37.2 Å². The van der Waals surface area contributed by atoms with Crippen LogP contribution in [0.15, 0.2) is 97.1 Å². The van der Waals surface area contributed by atoms with Crippen LogP contribution in [0.4, 0.5) is 0 Å². The normalized spacial score (nSPS) is 16.8. The lowest BCUT2D eigenvalue weighted by molar-refractivity contribution is -0.153. The van der Waals surface area contributed by atoms with Gasteiger partial charge in [-0.25, -0.2) is 9.59 Å². The fourth-order valence-electron chi connectivity index (χ4n) is 8.52. The van der Waals surface area contributed by atoms with E-state index in [0.717, 1.165) is 33.4 Å². The highest BCUT2D eigenvalue weighted by Gasteiger charge is 2.39. The van der Waals surface area contributed by atoms with Crippen LogP contribution in [0.3, 0.4) is 0 Å². The predicted octanol–water partition coefficient (Wildman–Crippen LogP) is 5.15. The van der Waals surface area contributed by atoms with E-state index in [-0.39, 0.29) is 45.1 Å². The van der Waals surface area contributed by atoms with Crippen LogP contribution < -0.4 is 20.1 Å². The maximum absolute atomic E-state index is 13.5. The summed E-state index contributed by atoms with van der Waals surface area (Å²) in [6.07, 6.45) is 2.56. The van der Waals surface area contributed by atoms with Gasteiger partial charge in [-0.2, -0.15) is 0 Å². The van der Waals surface area contributed by atoms with E-state index in [4.69, 9.17) is 18.9 Å². The van der Waals surface area contributed by atoms with Gasteiger partial charge in [-0.15, -0.1) is 0 Å². The van der Waals surface area contributed by atoms with Crippen LogP contribution in [0, 0.1) is 0 Å². The Morgan fingerprint density at radius 3 is 1.37 bits per heavy atom. The summed E-state index contributed by atoms with van der Waals surface area (Å²) in [6.45, 7) is 7.57. The zero-order chi connectivity index (χ0) is 49.3. The third kappa shape index (κ3) is 13.9. The van der Waals surface area contributed by atoms with E-state index < -0.39 is 66.0 Å². The van der Waals surface area contributed by atoms with E-state index in [1.54, 1.807) is 39.8 Å². The molecule has 0 fully saturated rings. The molecule has 0 saturated heterocycles. The van der Waals surface area contributed by atoms with Crippen molar-refractivity contribution in [2.75, 3.05) is 27.4 Å². The molecule has 0 unspecified atom stereocenters. The lowest BCUT2D eigenvalue weighted by Gasteiger charge is -2.37. The second-order valence-electron chi connectivity index (χ2n) is 16.7. The Labute approximate surface area is 397 Å². The van der Waals surface area contributed by atoms with E-state index in [1.807, 2.05) is 84.9 Å². The fourth-order valence-corrected chi connectivity index (χ4v) is 8.52. The van der Waals surface area contributed by atoms with Crippen molar-refractivity contribution in [2.24, 2.45) is 0 Å². The number of carbonyl (C=O) groups excluding carboxylic acids is 4. The zero-order valence-electron chi connectivity index (χ0n) is 39.6. The summed E-state index contributed by atoms with van der Waals surface area (Å²) in [6, 6.07) is 25.7. The number of nitrogens with one attached hydrogen (secondary N) is 2. The number of carbonyl (C=O) groups is 6. The van der Waals surface area contributed by atoms with Crippen molar-refractivity contribution in [3.8, 4) is 11.5 Å². The molecule has 16 nitrogen and oxygen atoms in total. The largest absolute Gasteiger partial charge is 0.493 e. The molecule has 364 valence electrons.